The molecule has 0 saturated carbocycles. The molecule has 1 saturated heterocycles. The first-order valence-electron chi connectivity index (χ1n) is 5.80. The molecule has 0 radical (unpaired) electrons. The Balaban J connectivity index is 2.08. The second kappa shape index (κ2) is 4.18. The van der Waals surface area contributed by atoms with Crippen LogP contribution in [-0.4, -0.2) is 31.1 Å². The van der Waals surface area contributed by atoms with Gasteiger partial charge in [0.2, 0.25) is 15.9 Å². The quantitative estimate of drug-likeness (QED) is 0.773. The topological polar surface area (TPSA) is 126 Å². The van der Waals surface area contributed by atoms with E-state index in [-0.39, 0.29) is 24.5 Å². The van der Waals surface area contributed by atoms with Gasteiger partial charge in [0.25, 0.3) is 0 Å². The van der Waals surface area contributed by atoms with Gasteiger partial charge >= 0.3 is 5.76 Å². The molecule has 0 aliphatic carbocycles. The normalized spacial score (nSPS) is 19.9. The first-order chi connectivity index (χ1) is 9.36. The molecule has 0 spiro atoms. The highest BCUT2D eigenvalue weighted by atomic mass is 32.2. The highest BCUT2D eigenvalue weighted by molar-refractivity contribution is 7.89. The van der Waals surface area contributed by atoms with Gasteiger partial charge in [0, 0.05) is 13.0 Å². The molecular weight excluding hydrogens is 286 g/mol. The number of sulfonamides is 1. The van der Waals surface area contributed by atoms with E-state index in [1.807, 2.05) is 0 Å². The fourth-order valence-electron chi connectivity index (χ4n) is 2.30. The number of carbonyl (C=O) groups is 1. The summed E-state index contributed by atoms with van der Waals surface area (Å²) in [6, 6.07) is 4.85. The van der Waals surface area contributed by atoms with E-state index in [0.29, 0.717) is 11.2 Å². The molecule has 8 nitrogen and oxygen atoms in total. The molecule has 3 N–H and O–H groups in total. The average molecular weight is 297 g/mol. The zero-order valence-electron chi connectivity index (χ0n) is 10.2. The lowest BCUT2D eigenvalue weighted by Gasteiger charge is -2.16. The minimum atomic E-state index is -3.79. The molecule has 0 bridgehead atoms. The van der Waals surface area contributed by atoms with Crippen LogP contribution in [0.3, 0.4) is 0 Å². The van der Waals surface area contributed by atoms with Crippen molar-refractivity contribution in [2.24, 2.45) is 5.14 Å². The molecule has 1 unspecified atom stereocenters. The fourth-order valence-corrected chi connectivity index (χ4v) is 3.03. The van der Waals surface area contributed by atoms with Crippen molar-refractivity contribution in [3.8, 4) is 0 Å². The van der Waals surface area contributed by atoms with Crippen LogP contribution >= 0.6 is 0 Å². The molecule has 1 aliphatic rings. The lowest BCUT2D eigenvalue weighted by molar-refractivity contribution is -0.117. The minimum absolute atomic E-state index is 0.0499. The predicted molar refractivity (Wildman–Crippen MR) is 70.7 cm³/mol. The maximum Gasteiger partial charge on any atom is 0.417 e. The van der Waals surface area contributed by atoms with Crippen molar-refractivity contribution in [2.75, 3.05) is 11.4 Å². The highest BCUT2D eigenvalue weighted by Gasteiger charge is 2.38. The fraction of sp³-hybridized carbons (Fsp3) is 0.273. The summed E-state index contributed by atoms with van der Waals surface area (Å²) in [6.07, 6.45) is -0.177. The van der Waals surface area contributed by atoms with Gasteiger partial charge in [0.1, 0.15) is 5.25 Å². The number of H-pyrrole nitrogens is 1. The lowest BCUT2D eigenvalue weighted by atomic mass is 10.2. The van der Waals surface area contributed by atoms with Crippen LogP contribution in [0.15, 0.2) is 27.4 Å². The number of anilines is 1. The van der Waals surface area contributed by atoms with Crippen LogP contribution in [0.25, 0.3) is 11.1 Å². The van der Waals surface area contributed by atoms with Crippen LogP contribution < -0.4 is 15.8 Å². The summed E-state index contributed by atoms with van der Waals surface area (Å²) in [4.78, 5) is 26.9. The summed E-state index contributed by atoms with van der Waals surface area (Å²) in [7, 11) is -3.79. The SMILES string of the molecule is NS(=O)(=O)C1CC(=O)N(c2cccc3[nH]c(=O)oc23)C1. The van der Waals surface area contributed by atoms with E-state index in [1.54, 1.807) is 18.2 Å². The summed E-state index contributed by atoms with van der Waals surface area (Å²) >= 11 is 0. The van der Waals surface area contributed by atoms with Crippen LogP contribution in [0.5, 0.6) is 0 Å². The molecule has 1 aromatic carbocycles. The van der Waals surface area contributed by atoms with Crippen molar-refractivity contribution in [1.29, 1.82) is 0 Å². The number of oxazole rings is 1. The summed E-state index contributed by atoms with van der Waals surface area (Å²) in [5, 5.41) is 4.13. The van der Waals surface area contributed by atoms with Gasteiger partial charge < -0.3 is 9.32 Å². The maximum absolute atomic E-state index is 12.0. The third-order valence-corrected chi connectivity index (χ3v) is 4.52. The molecule has 2 heterocycles. The van der Waals surface area contributed by atoms with E-state index < -0.39 is 21.0 Å². The van der Waals surface area contributed by atoms with E-state index in [1.165, 1.54) is 4.90 Å². The molecule has 1 atom stereocenters. The van der Waals surface area contributed by atoms with E-state index in [2.05, 4.69) is 4.98 Å². The van der Waals surface area contributed by atoms with Gasteiger partial charge in [-0.1, -0.05) is 6.07 Å². The second-order valence-corrected chi connectivity index (χ2v) is 6.43. The predicted octanol–water partition coefficient (Wildman–Crippen LogP) is -0.485. The molecule has 3 rings (SSSR count). The number of benzene rings is 1. The molecular formula is C11H11N3O5S. The Hall–Kier alpha value is -2.13. The number of hydrogen-bond acceptors (Lipinski definition) is 5. The number of primary sulfonamides is 1. The van der Waals surface area contributed by atoms with Gasteiger partial charge in [-0.3, -0.25) is 9.78 Å². The zero-order chi connectivity index (χ0) is 14.5. The molecule has 1 aromatic heterocycles. The third kappa shape index (κ3) is 2.00. The molecule has 1 fully saturated rings. The van der Waals surface area contributed by atoms with E-state index >= 15 is 0 Å². The van der Waals surface area contributed by atoms with Crippen molar-refractivity contribution >= 4 is 32.7 Å². The maximum atomic E-state index is 12.0. The van der Waals surface area contributed by atoms with Crippen molar-refractivity contribution in [3.05, 3.63) is 28.7 Å². The Labute approximate surface area is 113 Å². The number of para-hydroxylation sites is 1. The van der Waals surface area contributed by atoms with Gasteiger partial charge in [0.15, 0.2) is 5.58 Å². The highest BCUT2D eigenvalue weighted by Crippen LogP contribution is 2.29. The number of aromatic amines is 1. The number of hydrogen-bond donors (Lipinski definition) is 2. The summed E-state index contributed by atoms with van der Waals surface area (Å²) in [5.74, 6) is -1.01. The first-order valence-corrected chi connectivity index (χ1v) is 7.41. The van der Waals surface area contributed by atoms with Crippen molar-refractivity contribution in [3.63, 3.8) is 0 Å². The van der Waals surface area contributed by atoms with E-state index in [4.69, 9.17) is 9.56 Å². The van der Waals surface area contributed by atoms with Crippen LogP contribution in [0.1, 0.15) is 6.42 Å². The summed E-state index contributed by atoms with van der Waals surface area (Å²) in [6.45, 7) is -0.0499. The van der Waals surface area contributed by atoms with E-state index in [9.17, 15) is 18.0 Å². The molecule has 1 aliphatic heterocycles. The minimum Gasteiger partial charge on any atom is -0.406 e. The number of nitrogens with one attached hydrogen (secondary N) is 1. The lowest BCUT2D eigenvalue weighted by Crippen LogP contribution is -2.32. The van der Waals surface area contributed by atoms with Gasteiger partial charge in [0.05, 0.1) is 11.2 Å². The molecule has 1 amide bonds. The first kappa shape index (κ1) is 12.9. The Bertz CT molecular complexity index is 850. The largest absolute Gasteiger partial charge is 0.417 e. The number of amides is 1. The average Bonchev–Trinajstić information content (AvgIpc) is 2.90. The van der Waals surface area contributed by atoms with Gasteiger partial charge in [-0.05, 0) is 12.1 Å². The zero-order valence-corrected chi connectivity index (χ0v) is 11.0. The van der Waals surface area contributed by atoms with Crippen molar-refractivity contribution in [2.45, 2.75) is 11.7 Å². The number of nitrogens with zero attached hydrogens (tertiary/aromatic N) is 1. The monoisotopic (exact) mass is 297 g/mol. The van der Waals surface area contributed by atoms with Gasteiger partial charge in [-0.25, -0.2) is 18.4 Å². The molecule has 2 aromatic rings. The van der Waals surface area contributed by atoms with Crippen molar-refractivity contribution < 1.29 is 17.6 Å². The third-order valence-electron chi connectivity index (χ3n) is 3.27. The Morgan fingerprint density at radius 3 is 2.75 bits per heavy atom. The van der Waals surface area contributed by atoms with Gasteiger partial charge in [-0.15, -0.1) is 0 Å². The number of nitrogens with two attached hydrogens (primary N) is 1. The van der Waals surface area contributed by atoms with Crippen LogP contribution in [0.2, 0.25) is 0 Å². The van der Waals surface area contributed by atoms with E-state index in [0.717, 1.165) is 0 Å². The molecule has 106 valence electrons. The smallest absolute Gasteiger partial charge is 0.406 e. The summed E-state index contributed by atoms with van der Waals surface area (Å²) in [5.41, 5.74) is 1.03. The van der Waals surface area contributed by atoms with Gasteiger partial charge in [-0.2, -0.15) is 0 Å². The van der Waals surface area contributed by atoms with Crippen LogP contribution in [0, 0.1) is 0 Å². The number of aromatic nitrogens is 1. The van der Waals surface area contributed by atoms with Crippen molar-refractivity contribution in [1.82, 2.24) is 4.98 Å². The number of rotatable bonds is 2. The summed E-state index contributed by atoms with van der Waals surface area (Å²) < 4.78 is 27.7. The molecule has 20 heavy (non-hydrogen) atoms. The van der Waals surface area contributed by atoms with Crippen LogP contribution in [-0.2, 0) is 14.8 Å². The Morgan fingerprint density at radius 1 is 1.35 bits per heavy atom. The standard InChI is InChI=1S/C11H11N3O5S/c12-20(17,18)6-4-9(15)14(5-6)8-3-1-2-7-10(8)19-11(16)13-7/h1-3,6H,4-5H2,(H,13,16)(H2,12,17,18). The molecule has 9 heteroatoms. The number of carbonyl (C=O) groups excluding carboxylic acids is 1. The number of fused-ring (bicyclic) bond motifs is 1. The van der Waals surface area contributed by atoms with Crippen LogP contribution in [0.4, 0.5) is 5.69 Å². The Morgan fingerprint density at radius 2 is 2.10 bits per heavy atom. The second-order valence-electron chi connectivity index (χ2n) is 4.59. The Kier molecular flexibility index (Phi) is 2.69.